The molecule has 2 rings (SSSR count). The molecule has 0 amide bonds. The first-order valence-electron chi connectivity index (χ1n) is 5.87. The number of halogens is 1. The van der Waals surface area contributed by atoms with Crippen LogP contribution in [0.5, 0.6) is 0 Å². The molecule has 0 unspecified atom stereocenters. The molecule has 0 aromatic heterocycles. The summed E-state index contributed by atoms with van der Waals surface area (Å²) >= 11 is 4.98. The fourth-order valence-corrected chi connectivity index (χ4v) is 4.07. The number of aliphatic hydroxyl groups is 1. The Morgan fingerprint density at radius 3 is 2.56 bits per heavy atom. The number of carbonyl (C=O) groups is 1. The van der Waals surface area contributed by atoms with Gasteiger partial charge in [-0.15, -0.1) is 11.8 Å². The van der Waals surface area contributed by atoms with Crippen molar-refractivity contribution in [3.63, 3.8) is 0 Å². The number of carboxylic acids is 1. The zero-order valence-electron chi connectivity index (χ0n) is 9.75. The average molecular weight is 331 g/mol. The van der Waals surface area contributed by atoms with E-state index in [1.54, 1.807) is 11.8 Å². The highest BCUT2D eigenvalue weighted by Gasteiger charge is 2.41. The third kappa shape index (κ3) is 3.08. The second-order valence-electron chi connectivity index (χ2n) is 4.49. The lowest BCUT2D eigenvalue weighted by molar-refractivity contribution is -0.143. The molecule has 0 aliphatic heterocycles. The van der Waals surface area contributed by atoms with E-state index >= 15 is 0 Å². The predicted molar refractivity (Wildman–Crippen MR) is 74.7 cm³/mol. The van der Waals surface area contributed by atoms with E-state index in [1.165, 1.54) is 0 Å². The van der Waals surface area contributed by atoms with E-state index in [0.717, 1.165) is 22.2 Å². The molecule has 2 N–H and O–H groups in total. The van der Waals surface area contributed by atoms with Crippen molar-refractivity contribution in [3.05, 3.63) is 28.7 Å². The first-order valence-corrected chi connectivity index (χ1v) is 7.55. The van der Waals surface area contributed by atoms with E-state index < -0.39 is 11.9 Å². The highest BCUT2D eigenvalue weighted by atomic mass is 79.9. The summed E-state index contributed by atoms with van der Waals surface area (Å²) in [4.78, 5) is 12.4. The van der Waals surface area contributed by atoms with Crippen LogP contribution in [0, 0.1) is 11.8 Å². The fourth-order valence-electron chi connectivity index (χ4n) is 2.43. The summed E-state index contributed by atoms with van der Waals surface area (Å²) in [5, 5.41) is 18.6. The number of hydrogen-bond acceptors (Lipinski definition) is 3. The second-order valence-corrected chi connectivity index (χ2v) is 6.72. The summed E-state index contributed by atoms with van der Waals surface area (Å²) in [5.74, 6) is -1.33. The van der Waals surface area contributed by atoms with Crippen LogP contribution in [-0.4, -0.2) is 28.0 Å². The minimum Gasteiger partial charge on any atom is -0.481 e. The number of aliphatic hydroxyl groups excluding tert-OH is 1. The summed E-state index contributed by atoms with van der Waals surface area (Å²) in [7, 11) is 0. The largest absolute Gasteiger partial charge is 0.481 e. The van der Waals surface area contributed by atoms with Crippen LogP contribution in [-0.2, 0) is 4.79 Å². The van der Waals surface area contributed by atoms with Gasteiger partial charge in [0, 0.05) is 21.2 Å². The first-order chi connectivity index (χ1) is 8.61. The van der Waals surface area contributed by atoms with Gasteiger partial charge in [0.25, 0.3) is 0 Å². The van der Waals surface area contributed by atoms with Crippen LogP contribution in [0.15, 0.2) is 33.6 Å². The monoisotopic (exact) mass is 330 g/mol. The number of hydrogen-bond donors (Lipinski definition) is 2. The molecule has 1 saturated carbocycles. The third-order valence-corrected chi connectivity index (χ3v) is 5.26. The van der Waals surface area contributed by atoms with Gasteiger partial charge >= 0.3 is 5.97 Å². The Bertz CT molecular complexity index is 421. The highest BCUT2D eigenvalue weighted by molar-refractivity contribution is 9.10. The Labute approximate surface area is 119 Å². The molecule has 98 valence electrons. The summed E-state index contributed by atoms with van der Waals surface area (Å²) in [5.41, 5.74) is 0. The zero-order chi connectivity index (χ0) is 13.1. The van der Waals surface area contributed by atoms with Gasteiger partial charge in [-0.1, -0.05) is 15.9 Å². The van der Waals surface area contributed by atoms with Gasteiger partial charge in [0.15, 0.2) is 0 Å². The van der Waals surface area contributed by atoms with Gasteiger partial charge in [0.05, 0.1) is 5.92 Å². The van der Waals surface area contributed by atoms with Gasteiger partial charge < -0.3 is 10.2 Å². The minimum absolute atomic E-state index is 0.0334. The molecule has 3 nitrogen and oxygen atoms in total. The molecular formula is C13H15BrO3S. The lowest BCUT2D eigenvalue weighted by atomic mass is 9.97. The number of aliphatic carboxylic acids is 1. The van der Waals surface area contributed by atoms with Crippen molar-refractivity contribution in [2.24, 2.45) is 11.8 Å². The number of carboxylic acid groups (broad SMARTS) is 1. The molecule has 18 heavy (non-hydrogen) atoms. The summed E-state index contributed by atoms with van der Waals surface area (Å²) < 4.78 is 1.02. The van der Waals surface area contributed by atoms with Crippen molar-refractivity contribution in [2.75, 3.05) is 6.61 Å². The van der Waals surface area contributed by atoms with E-state index in [2.05, 4.69) is 15.9 Å². The van der Waals surface area contributed by atoms with E-state index in [-0.39, 0.29) is 17.8 Å². The Morgan fingerprint density at radius 1 is 1.33 bits per heavy atom. The van der Waals surface area contributed by atoms with Crippen LogP contribution in [0.2, 0.25) is 0 Å². The fraction of sp³-hybridized carbons (Fsp3) is 0.462. The Kier molecular flexibility index (Phi) is 4.70. The zero-order valence-corrected chi connectivity index (χ0v) is 12.2. The minimum atomic E-state index is -0.791. The van der Waals surface area contributed by atoms with Gasteiger partial charge in [0.2, 0.25) is 0 Å². The van der Waals surface area contributed by atoms with E-state index in [9.17, 15) is 15.0 Å². The first kappa shape index (κ1) is 13.9. The van der Waals surface area contributed by atoms with E-state index in [1.807, 2.05) is 24.3 Å². The SMILES string of the molecule is O=C(O)[C@@H]1[C@@H](CO)CC[C@H]1Sc1ccc(Br)cc1. The van der Waals surface area contributed by atoms with Crippen LogP contribution >= 0.6 is 27.7 Å². The van der Waals surface area contributed by atoms with Gasteiger partial charge in [-0.25, -0.2) is 0 Å². The maximum absolute atomic E-state index is 11.3. The molecule has 5 heteroatoms. The molecule has 0 radical (unpaired) electrons. The molecule has 1 aromatic rings. The topological polar surface area (TPSA) is 57.5 Å². The quantitative estimate of drug-likeness (QED) is 0.890. The van der Waals surface area contributed by atoms with E-state index in [4.69, 9.17) is 0 Å². The van der Waals surface area contributed by atoms with Crippen molar-refractivity contribution in [1.82, 2.24) is 0 Å². The van der Waals surface area contributed by atoms with E-state index in [0.29, 0.717) is 0 Å². The predicted octanol–water partition coefficient (Wildman–Crippen LogP) is 3.01. The standard InChI is InChI=1S/C13H15BrO3S/c14-9-2-4-10(5-3-9)18-11-6-1-8(7-15)12(11)13(16)17/h2-5,8,11-12,15H,1,6-7H2,(H,16,17)/t8-,11-,12-/m1/s1. The molecular weight excluding hydrogens is 316 g/mol. The van der Waals surface area contributed by atoms with Gasteiger partial charge in [-0.3, -0.25) is 4.79 Å². The summed E-state index contributed by atoms with van der Waals surface area (Å²) in [6, 6.07) is 7.88. The third-order valence-electron chi connectivity index (χ3n) is 3.35. The Hall–Kier alpha value is -0.520. The van der Waals surface area contributed by atoms with Crippen LogP contribution in [0.4, 0.5) is 0 Å². The molecule has 0 spiro atoms. The van der Waals surface area contributed by atoms with Crippen LogP contribution in [0.3, 0.4) is 0 Å². The lowest BCUT2D eigenvalue weighted by Gasteiger charge is -2.19. The molecule has 1 aromatic carbocycles. The molecule has 1 aliphatic carbocycles. The molecule has 0 saturated heterocycles. The normalized spacial score (nSPS) is 27.3. The maximum atomic E-state index is 11.3. The number of rotatable bonds is 4. The smallest absolute Gasteiger partial charge is 0.308 e. The van der Waals surface area contributed by atoms with Gasteiger partial charge in [-0.2, -0.15) is 0 Å². The molecule has 3 atom stereocenters. The maximum Gasteiger partial charge on any atom is 0.308 e. The summed E-state index contributed by atoms with van der Waals surface area (Å²) in [6.07, 6.45) is 1.64. The number of thioether (sulfide) groups is 1. The average Bonchev–Trinajstić information content (AvgIpc) is 2.75. The van der Waals surface area contributed by atoms with Crippen molar-refractivity contribution in [1.29, 1.82) is 0 Å². The van der Waals surface area contributed by atoms with Crippen molar-refractivity contribution < 1.29 is 15.0 Å². The van der Waals surface area contributed by atoms with Crippen LogP contribution in [0.25, 0.3) is 0 Å². The van der Waals surface area contributed by atoms with Crippen molar-refractivity contribution in [3.8, 4) is 0 Å². The van der Waals surface area contributed by atoms with Gasteiger partial charge in [-0.05, 0) is 43.0 Å². The Morgan fingerprint density at radius 2 is 2.00 bits per heavy atom. The van der Waals surface area contributed by atoms with Gasteiger partial charge in [0.1, 0.15) is 0 Å². The van der Waals surface area contributed by atoms with Crippen molar-refractivity contribution >= 4 is 33.7 Å². The number of benzene rings is 1. The summed E-state index contributed by atoms with van der Waals surface area (Å²) in [6.45, 7) is -0.0334. The van der Waals surface area contributed by atoms with Crippen molar-refractivity contribution in [2.45, 2.75) is 23.0 Å². The molecule has 1 fully saturated rings. The van der Waals surface area contributed by atoms with Crippen LogP contribution < -0.4 is 0 Å². The highest BCUT2D eigenvalue weighted by Crippen LogP contribution is 2.42. The Balaban J connectivity index is 2.08. The molecule has 0 bridgehead atoms. The lowest BCUT2D eigenvalue weighted by Crippen LogP contribution is -2.27. The second kappa shape index (κ2) is 6.08. The molecule has 1 aliphatic rings. The van der Waals surface area contributed by atoms with Crippen LogP contribution in [0.1, 0.15) is 12.8 Å². The molecule has 0 heterocycles.